The molecule has 6 heteroatoms. The summed E-state index contributed by atoms with van der Waals surface area (Å²) in [6, 6.07) is 0.722. The van der Waals surface area contributed by atoms with E-state index in [9.17, 15) is 5.11 Å². The number of aliphatic hydroxyl groups is 1. The highest BCUT2D eigenvalue weighted by Gasteiger charge is 2.37. The van der Waals surface area contributed by atoms with E-state index >= 15 is 0 Å². The number of hydrogen-bond acceptors (Lipinski definition) is 5. The molecule has 1 atom stereocenters. The van der Waals surface area contributed by atoms with Crippen LogP contribution in [0.2, 0.25) is 0 Å². The van der Waals surface area contributed by atoms with Crippen molar-refractivity contribution in [2.75, 3.05) is 6.54 Å². The summed E-state index contributed by atoms with van der Waals surface area (Å²) < 4.78 is 1.96. The monoisotopic (exact) mass is 251 g/mol. The first-order chi connectivity index (χ1) is 8.55. The Bertz CT molecular complexity index is 420. The molecule has 2 heterocycles. The average Bonchev–Trinajstić information content (AvgIpc) is 2.85. The molecule has 0 bridgehead atoms. The summed E-state index contributed by atoms with van der Waals surface area (Å²) in [6.07, 6.45) is 4.56. The van der Waals surface area contributed by atoms with Crippen LogP contribution >= 0.6 is 0 Å². The Kier molecular flexibility index (Phi) is 2.86. The van der Waals surface area contributed by atoms with Crippen LogP contribution in [0.4, 0.5) is 0 Å². The lowest BCUT2D eigenvalue weighted by atomic mass is 9.97. The molecule has 1 unspecified atom stereocenters. The van der Waals surface area contributed by atoms with E-state index in [-0.39, 0.29) is 6.04 Å². The molecule has 100 valence electrons. The standard InChI is InChI=1S/C12H21N5O/c1-12(2,18)10-4-3-7-16(10)8-11-13-14-15-17(11)9-5-6-9/h9-10,18H,3-8H2,1-2H3. The number of nitrogens with zero attached hydrogens (tertiary/aromatic N) is 5. The van der Waals surface area contributed by atoms with E-state index in [0.29, 0.717) is 6.04 Å². The van der Waals surface area contributed by atoms with Gasteiger partial charge >= 0.3 is 0 Å². The zero-order valence-corrected chi connectivity index (χ0v) is 11.1. The molecule has 18 heavy (non-hydrogen) atoms. The zero-order chi connectivity index (χ0) is 12.8. The third-order valence-corrected chi connectivity index (χ3v) is 3.98. The van der Waals surface area contributed by atoms with Crippen molar-refractivity contribution in [1.82, 2.24) is 25.1 Å². The lowest BCUT2D eigenvalue weighted by molar-refractivity contribution is -0.00615. The van der Waals surface area contributed by atoms with Crippen molar-refractivity contribution in [2.24, 2.45) is 0 Å². The second-order valence-electron chi connectivity index (χ2n) is 6.05. The van der Waals surface area contributed by atoms with Crippen LogP contribution in [0.25, 0.3) is 0 Å². The molecule has 1 aliphatic heterocycles. The fourth-order valence-electron chi connectivity index (χ4n) is 2.92. The van der Waals surface area contributed by atoms with E-state index in [2.05, 4.69) is 20.4 Å². The third kappa shape index (κ3) is 2.27. The number of aromatic nitrogens is 4. The minimum Gasteiger partial charge on any atom is -0.389 e. The van der Waals surface area contributed by atoms with Crippen molar-refractivity contribution in [1.29, 1.82) is 0 Å². The van der Waals surface area contributed by atoms with Gasteiger partial charge in [-0.2, -0.15) is 0 Å². The van der Waals surface area contributed by atoms with Crippen LogP contribution in [-0.4, -0.2) is 48.4 Å². The van der Waals surface area contributed by atoms with E-state index in [0.717, 1.165) is 31.8 Å². The van der Waals surface area contributed by atoms with Gasteiger partial charge in [0.2, 0.25) is 0 Å². The maximum Gasteiger partial charge on any atom is 0.165 e. The van der Waals surface area contributed by atoms with Crippen LogP contribution in [0.3, 0.4) is 0 Å². The molecule has 3 rings (SSSR count). The van der Waals surface area contributed by atoms with E-state index in [4.69, 9.17) is 0 Å². The lowest BCUT2D eigenvalue weighted by Crippen LogP contribution is -2.45. The highest BCUT2D eigenvalue weighted by atomic mass is 16.3. The number of rotatable bonds is 4. The van der Waals surface area contributed by atoms with Gasteiger partial charge in [0, 0.05) is 6.04 Å². The highest BCUT2D eigenvalue weighted by Crippen LogP contribution is 2.35. The average molecular weight is 251 g/mol. The van der Waals surface area contributed by atoms with Gasteiger partial charge in [-0.1, -0.05) is 0 Å². The van der Waals surface area contributed by atoms with Crippen molar-refractivity contribution < 1.29 is 5.11 Å². The predicted molar refractivity (Wildman–Crippen MR) is 65.8 cm³/mol. The van der Waals surface area contributed by atoms with Crippen molar-refractivity contribution in [2.45, 2.75) is 63.8 Å². The lowest BCUT2D eigenvalue weighted by Gasteiger charge is -2.33. The van der Waals surface area contributed by atoms with Crippen LogP contribution in [0.15, 0.2) is 0 Å². The fraction of sp³-hybridized carbons (Fsp3) is 0.917. The minimum atomic E-state index is -0.658. The van der Waals surface area contributed by atoms with Gasteiger partial charge in [-0.3, -0.25) is 4.90 Å². The second-order valence-corrected chi connectivity index (χ2v) is 6.05. The molecule has 1 saturated carbocycles. The fourth-order valence-corrected chi connectivity index (χ4v) is 2.92. The zero-order valence-electron chi connectivity index (χ0n) is 11.1. The van der Waals surface area contributed by atoms with Gasteiger partial charge in [0.25, 0.3) is 0 Å². The molecule has 6 nitrogen and oxygen atoms in total. The van der Waals surface area contributed by atoms with Crippen LogP contribution in [0, 0.1) is 0 Å². The molecule has 1 aromatic rings. The normalized spacial score (nSPS) is 25.8. The van der Waals surface area contributed by atoms with Gasteiger partial charge in [0.05, 0.1) is 18.2 Å². The molecule has 1 saturated heterocycles. The Hall–Kier alpha value is -1.01. The molecule has 0 radical (unpaired) electrons. The van der Waals surface area contributed by atoms with Gasteiger partial charge < -0.3 is 5.11 Å². The van der Waals surface area contributed by atoms with Crippen molar-refractivity contribution in [3.63, 3.8) is 0 Å². The maximum atomic E-state index is 10.2. The largest absolute Gasteiger partial charge is 0.389 e. The summed E-state index contributed by atoms with van der Waals surface area (Å²) in [5.74, 6) is 0.939. The van der Waals surface area contributed by atoms with Crippen LogP contribution < -0.4 is 0 Å². The van der Waals surface area contributed by atoms with Crippen molar-refractivity contribution in [3.8, 4) is 0 Å². The van der Waals surface area contributed by atoms with Gasteiger partial charge in [0.15, 0.2) is 5.82 Å². The Morgan fingerprint density at radius 2 is 2.11 bits per heavy atom. The molecule has 0 amide bonds. The molecule has 1 aromatic heterocycles. The first-order valence-corrected chi connectivity index (χ1v) is 6.79. The topological polar surface area (TPSA) is 67.1 Å². The summed E-state index contributed by atoms with van der Waals surface area (Å²) in [6.45, 7) is 5.55. The van der Waals surface area contributed by atoms with E-state index in [1.54, 1.807) is 0 Å². The minimum absolute atomic E-state index is 0.210. The Morgan fingerprint density at radius 1 is 1.33 bits per heavy atom. The quantitative estimate of drug-likeness (QED) is 0.855. The van der Waals surface area contributed by atoms with E-state index in [1.807, 2.05) is 18.5 Å². The van der Waals surface area contributed by atoms with Crippen LogP contribution in [-0.2, 0) is 6.54 Å². The summed E-state index contributed by atoms with van der Waals surface area (Å²) in [5, 5.41) is 22.2. The molecule has 0 aromatic carbocycles. The number of tetrazole rings is 1. The van der Waals surface area contributed by atoms with Gasteiger partial charge in [-0.05, 0) is 56.5 Å². The Labute approximate surface area is 107 Å². The first-order valence-electron chi connectivity index (χ1n) is 6.79. The molecule has 1 N–H and O–H groups in total. The third-order valence-electron chi connectivity index (χ3n) is 3.98. The number of likely N-dealkylation sites (tertiary alicyclic amines) is 1. The van der Waals surface area contributed by atoms with Gasteiger partial charge in [-0.25, -0.2) is 4.68 Å². The number of hydrogen-bond donors (Lipinski definition) is 1. The molecule has 2 aliphatic rings. The molecular weight excluding hydrogens is 230 g/mol. The smallest absolute Gasteiger partial charge is 0.165 e. The molecule has 1 aliphatic carbocycles. The van der Waals surface area contributed by atoms with Crippen LogP contribution in [0.1, 0.15) is 51.4 Å². The summed E-state index contributed by atoms with van der Waals surface area (Å²) in [7, 11) is 0. The van der Waals surface area contributed by atoms with Gasteiger partial charge in [-0.15, -0.1) is 5.10 Å². The summed E-state index contributed by atoms with van der Waals surface area (Å²) in [4.78, 5) is 2.31. The Balaban J connectivity index is 1.73. The van der Waals surface area contributed by atoms with Crippen LogP contribution in [0.5, 0.6) is 0 Å². The van der Waals surface area contributed by atoms with E-state index in [1.165, 1.54) is 12.8 Å². The van der Waals surface area contributed by atoms with Crippen molar-refractivity contribution in [3.05, 3.63) is 5.82 Å². The summed E-state index contributed by atoms with van der Waals surface area (Å²) in [5.41, 5.74) is -0.658. The Morgan fingerprint density at radius 3 is 2.78 bits per heavy atom. The summed E-state index contributed by atoms with van der Waals surface area (Å²) >= 11 is 0. The predicted octanol–water partition coefficient (Wildman–Crippen LogP) is 0.743. The second kappa shape index (κ2) is 4.28. The van der Waals surface area contributed by atoms with Gasteiger partial charge in [0.1, 0.15) is 0 Å². The van der Waals surface area contributed by atoms with Crippen molar-refractivity contribution >= 4 is 0 Å². The molecule has 2 fully saturated rings. The molecular formula is C12H21N5O. The van der Waals surface area contributed by atoms with E-state index < -0.39 is 5.60 Å². The first kappa shape index (κ1) is 12.0. The molecule has 0 spiro atoms. The SMILES string of the molecule is CC(C)(O)C1CCCN1Cc1nnnn1C1CC1. The maximum absolute atomic E-state index is 10.2. The highest BCUT2D eigenvalue weighted by molar-refractivity contribution is 4.96.